The maximum atomic E-state index is 11.2. The number of carbonyl (C=O) groups is 1. The minimum absolute atomic E-state index is 0.274. The van der Waals surface area contributed by atoms with E-state index in [1.54, 1.807) is 0 Å². The van der Waals surface area contributed by atoms with Crippen molar-refractivity contribution in [2.45, 2.75) is 18.9 Å². The number of carboxylic acid groups (broad SMARTS) is 1. The van der Waals surface area contributed by atoms with E-state index in [9.17, 15) is 4.79 Å². The van der Waals surface area contributed by atoms with Crippen LogP contribution in [0.5, 0.6) is 0 Å². The standard InChI is InChI=1S/C15H13NO3/c1-15(14(17)18)9-13(16-19-15)12-8-4-6-10-5-2-3-7-11(10)12/h2-8H,9H2,1H3,(H,17,18). The van der Waals surface area contributed by atoms with Gasteiger partial charge in [0, 0.05) is 12.0 Å². The second kappa shape index (κ2) is 4.09. The molecule has 0 spiro atoms. The highest BCUT2D eigenvalue weighted by Gasteiger charge is 2.42. The molecule has 0 amide bonds. The zero-order valence-corrected chi connectivity index (χ0v) is 10.5. The Kier molecular flexibility index (Phi) is 2.52. The summed E-state index contributed by atoms with van der Waals surface area (Å²) in [6.07, 6.45) is 0.274. The van der Waals surface area contributed by atoms with E-state index in [0.29, 0.717) is 5.71 Å². The van der Waals surface area contributed by atoms with Crippen molar-refractivity contribution < 1.29 is 14.7 Å². The fraction of sp³-hybridized carbons (Fsp3) is 0.200. The number of rotatable bonds is 2. The van der Waals surface area contributed by atoms with Crippen LogP contribution in [0, 0.1) is 0 Å². The third-order valence-electron chi connectivity index (χ3n) is 3.42. The Morgan fingerprint density at radius 2 is 2.00 bits per heavy atom. The number of hydrogen-bond donors (Lipinski definition) is 1. The monoisotopic (exact) mass is 255 g/mol. The predicted molar refractivity (Wildman–Crippen MR) is 72.2 cm³/mol. The maximum absolute atomic E-state index is 11.2. The SMILES string of the molecule is CC1(C(=O)O)CC(c2cccc3ccccc23)=NO1. The van der Waals surface area contributed by atoms with Gasteiger partial charge < -0.3 is 9.94 Å². The van der Waals surface area contributed by atoms with Gasteiger partial charge in [-0.2, -0.15) is 0 Å². The molecule has 96 valence electrons. The van der Waals surface area contributed by atoms with Crippen LogP contribution in [0.2, 0.25) is 0 Å². The summed E-state index contributed by atoms with van der Waals surface area (Å²) >= 11 is 0. The van der Waals surface area contributed by atoms with Crippen LogP contribution in [-0.2, 0) is 9.63 Å². The highest BCUT2D eigenvalue weighted by Crippen LogP contribution is 2.29. The fourth-order valence-corrected chi connectivity index (χ4v) is 2.28. The lowest BCUT2D eigenvalue weighted by atomic mass is 9.93. The molecule has 0 aliphatic carbocycles. The normalized spacial score (nSPS) is 22.1. The Hall–Kier alpha value is -2.36. The molecule has 3 rings (SSSR count). The molecule has 0 bridgehead atoms. The summed E-state index contributed by atoms with van der Waals surface area (Å²) in [7, 11) is 0. The summed E-state index contributed by atoms with van der Waals surface area (Å²) in [5.41, 5.74) is 0.358. The quantitative estimate of drug-likeness (QED) is 0.897. The molecule has 0 saturated carbocycles. The molecule has 1 heterocycles. The topological polar surface area (TPSA) is 58.9 Å². The summed E-state index contributed by atoms with van der Waals surface area (Å²) in [4.78, 5) is 16.3. The van der Waals surface area contributed by atoms with Crippen molar-refractivity contribution >= 4 is 22.5 Å². The molecular weight excluding hydrogens is 242 g/mol. The summed E-state index contributed by atoms with van der Waals surface area (Å²) in [6, 6.07) is 13.9. The van der Waals surface area contributed by atoms with Crippen LogP contribution in [0.25, 0.3) is 10.8 Å². The second-order valence-electron chi connectivity index (χ2n) is 4.87. The molecule has 0 radical (unpaired) electrons. The number of nitrogens with zero attached hydrogens (tertiary/aromatic N) is 1. The van der Waals surface area contributed by atoms with E-state index in [2.05, 4.69) is 5.16 Å². The number of benzene rings is 2. The van der Waals surface area contributed by atoms with Gasteiger partial charge in [0.05, 0.1) is 5.71 Å². The van der Waals surface area contributed by atoms with Gasteiger partial charge in [0.1, 0.15) is 0 Å². The van der Waals surface area contributed by atoms with Crippen molar-refractivity contribution in [2.75, 3.05) is 0 Å². The predicted octanol–water partition coefficient (Wildman–Crippen LogP) is 2.81. The lowest BCUT2D eigenvalue weighted by Crippen LogP contribution is -2.35. The molecule has 0 fully saturated rings. The lowest BCUT2D eigenvalue weighted by Gasteiger charge is -2.14. The first-order valence-corrected chi connectivity index (χ1v) is 6.07. The number of aliphatic carboxylic acids is 1. The summed E-state index contributed by atoms with van der Waals surface area (Å²) in [5.74, 6) is -0.994. The molecule has 19 heavy (non-hydrogen) atoms. The summed E-state index contributed by atoms with van der Waals surface area (Å²) < 4.78 is 0. The van der Waals surface area contributed by atoms with Crippen LogP contribution in [0.4, 0.5) is 0 Å². The molecule has 1 N–H and O–H groups in total. The van der Waals surface area contributed by atoms with E-state index in [1.165, 1.54) is 6.92 Å². The average Bonchev–Trinajstić information content (AvgIpc) is 2.82. The summed E-state index contributed by atoms with van der Waals surface area (Å²) in [5, 5.41) is 15.3. The van der Waals surface area contributed by atoms with E-state index < -0.39 is 11.6 Å². The second-order valence-corrected chi connectivity index (χ2v) is 4.87. The molecule has 2 aromatic carbocycles. The molecule has 4 nitrogen and oxygen atoms in total. The van der Waals surface area contributed by atoms with Crippen molar-refractivity contribution in [2.24, 2.45) is 5.16 Å². The van der Waals surface area contributed by atoms with Gasteiger partial charge in [0.25, 0.3) is 0 Å². The van der Waals surface area contributed by atoms with Gasteiger partial charge in [0.2, 0.25) is 5.60 Å². The van der Waals surface area contributed by atoms with Gasteiger partial charge in [-0.1, -0.05) is 47.6 Å². The van der Waals surface area contributed by atoms with E-state index in [1.807, 2.05) is 42.5 Å². The zero-order valence-electron chi connectivity index (χ0n) is 10.5. The van der Waals surface area contributed by atoms with Crippen LogP contribution in [-0.4, -0.2) is 22.4 Å². The van der Waals surface area contributed by atoms with Crippen molar-refractivity contribution in [1.29, 1.82) is 0 Å². The van der Waals surface area contributed by atoms with E-state index in [-0.39, 0.29) is 6.42 Å². The van der Waals surface area contributed by atoms with Crippen LogP contribution in [0.15, 0.2) is 47.6 Å². The Morgan fingerprint density at radius 3 is 2.74 bits per heavy atom. The van der Waals surface area contributed by atoms with Gasteiger partial charge in [-0.15, -0.1) is 0 Å². The molecule has 2 aromatic rings. The van der Waals surface area contributed by atoms with Crippen molar-refractivity contribution in [3.63, 3.8) is 0 Å². The number of oxime groups is 1. The van der Waals surface area contributed by atoms with Crippen LogP contribution < -0.4 is 0 Å². The molecule has 1 aliphatic rings. The van der Waals surface area contributed by atoms with Gasteiger partial charge in [-0.25, -0.2) is 4.79 Å². The number of carboxylic acids is 1. The Labute approximate surface area is 110 Å². The average molecular weight is 255 g/mol. The molecule has 0 aromatic heterocycles. The fourth-order valence-electron chi connectivity index (χ4n) is 2.28. The van der Waals surface area contributed by atoms with E-state index in [4.69, 9.17) is 9.94 Å². The smallest absolute Gasteiger partial charge is 0.351 e. The van der Waals surface area contributed by atoms with E-state index >= 15 is 0 Å². The molecular formula is C15H13NO3. The van der Waals surface area contributed by atoms with Crippen molar-refractivity contribution in [1.82, 2.24) is 0 Å². The maximum Gasteiger partial charge on any atom is 0.351 e. The third-order valence-corrected chi connectivity index (χ3v) is 3.42. The molecule has 1 atom stereocenters. The first-order chi connectivity index (χ1) is 9.10. The summed E-state index contributed by atoms with van der Waals surface area (Å²) in [6.45, 7) is 1.54. The lowest BCUT2D eigenvalue weighted by molar-refractivity contribution is -0.160. The molecule has 0 saturated heterocycles. The van der Waals surface area contributed by atoms with Crippen molar-refractivity contribution in [3.8, 4) is 0 Å². The highest BCUT2D eigenvalue weighted by atomic mass is 16.7. The van der Waals surface area contributed by atoms with Crippen molar-refractivity contribution in [3.05, 3.63) is 48.0 Å². The van der Waals surface area contributed by atoms with Gasteiger partial charge in [0.15, 0.2) is 0 Å². The Morgan fingerprint density at radius 1 is 1.26 bits per heavy atom. The Balaban J connectivity index is 2.05. The number of fused-ring (bicyclic) bond motifs is 1. The minimum atomic E-state index is -1.26. The minimum Gasteiger partial charge on any atom is -0.478 e. The third kappa shape index (κ3) is 1.85. The van der Waals surface area contributed by atoms with Crippen LogP contribution >= 0.6 is 0 Å². The first kappa shape index (κ1) is 11.7. The largest absolute Gasteiger partial charge is 0.478 e. The molecule has 1 aliphatic heterocycles. The molecule has 4 heteroatoms. The highest BCUT2D eigenvalue weighted by molar-refractivity contribution is 6.12. The van der Waals surface area contributed by atoms with Crippen LogP contribution in [0.1, 0.15) is 18.9 Å². The zero-order chi connectivity index (χ0) is 13.5. The Bertz CT molecular complexity index is 687. The van der Waals surface area contributed by atoms with Crippen LogP contribution in [0.3, 0.4) is 0 Å². The van der Waals surface area contributed by atoms with Gasteiger partial charge in [-0.05, 0) is 17.7 Å². The number of hydrogen-bond acceptors (Lipinski definition) is 3. The van der Waals surface area contributed by atoms with Gasteiger partial charge >= 0.3 is 5.97 Å². The molecule has 1 unspecified atom stereocenters. The first-order valence-electron chi connectivity index (χ1n) is 6.07. The van der Waals surface area contributed by atoms with Gasteiger partial charge in [-0.3, -0.25) is 0 Å². The van der Waals surface area contributed by atoms with E-state index in [0.717, 1.165) is 16.3 Å².